The summed E-state index contributed by atoms with van der Waals surface area (Å²) >= 11 is 0. The van der Waals surface area contributed by atoms with Gasteiger partial charge in [-0.05, 0) is 0 Å². The van der Waals surface area contributed by atoms with Gasteiger partial charge in [-0.1, -0.05) is 65.4 Å². The van der Waals surface area contributed by atoms with Crippen molar-refractivity contribution in [2.75, 3.05) is 0 Å². The van der Waals surface area contributed by atoms with Gasteiger partial charge in [0.05, 0.1) is 0 Å². The van der Waals surface area contributed by atoms with Gasteiger partial charge in [0, 0.05) is 0 Å². The Labute approximate surface area is 72.8 Å². The minimum Gasteiger partial charge on any atom is -0.0770 e. The lowest BCUT2D eigenvalue weighted by Gasteiger charge is -2.08. The summed E-state index contributed by atoms with van der Waals surface area (Å²) < 4.78 is 0. The van der Waals surface area contributed by atoms with Crippen LogP contribution in [0.25, 0.3) is 0 Å². The van der Waals surface area contributed by atoms with E-state index in [-0.39, 0.29) is 0 Å². The smallest absolute Gasteiger partial charge is 0.0770 e. The van der Waals surface area contributed by atoms with E-state index in [1.54, 1.807) is 0 Å². The zero-order valence-corrected chi connectivity index (χ0v) is 8.53. The Morgan fingerprint density at radius 3 is 1.55 bits per heavy atom. The van der Waals surface area contributed by atoms with Crippen molar-refractivity contribution in [3.63, 3.8) is 0 Å². The highest BCUT2D eigenvalue weighted by Crippen LogP contribution is 2.12. The van der Waals surface area contributed by atoms with Gasteiger partial charge in [-0.15, -0.1) is 0 Å². The summed E-state index contributed by atoms with van der Waals surface area (Å²) in [4.78, 5) is 0. The van der Waals surface area contributed by atoms with Crippen LogP contribution in [0.4, 0.5) is 0 Å². The lowest BCUT2D eigenvalue weighted by atomic mass is 9.42. The summed E-state index contributed by atoms with van der Waals surface area (Å²) in [6.07, 6.45) is 9.91. The van der Waals surface area contributed by atoms with E-state index < -0.39 is 0 Å². The first kappa shape index (κ1) is 11.1. The van der Waals surface area contributed by atoms with Gasteiger partial charge in [0.1, 0.15) is 6.71 Å². The molecule has 0 nitrogen and oxygen atoms in total. The molecule has 1 heteroatoms. The zero-order valence-electron chi connectivity index (χ0n) is 8.53. The van der Waals surface area contributed by atoms with Crippen LogP contribution in [0.1, 0.15) is 46.5 Å². The first-order chi connectivity index (χ1) is 5.35. The molecule has 0 saturated carbocycles. The fraction of sp³-hybridized carbons (Fsp3) is 1.00. The fourth-order valence-corrected chi connectivity index (χ4v) is 1.54. The molecule has 0 heterocycles. The molecule has 0 bridgehead atoms. The summed E-state index contributed by atoms with van der Waals surface area (Å²) in [5.41, 5.74) is 0. The Morgan fingerprint density at radius 1 is 0.818 bits per heavy atom. The Kier molecular flexibility index (Phi) is 8.21. The molecule has 0 aliphatic rings. The van der Waals surface area contributed by atoms with Gasteiger partial charge >= 0.3 is 0 Å². The predicted molar refractivity (Wildman–Crippen MR) is 55.7 cm³/mol. The van der Waals surface area contributed by atoms with Gasteiger partial charge < -0.3 is 0 Å². The second kappa shape index (κ2) is 8.16. The van der Waals surface area contributed by atoms with Crippen molar-refractivity contribution in [1.82, 2.24) is 0 Å². The molecule has 0 saturated heterocycles. The van der Waals surface area contributed by atoms with Crippen molar-refractivity contribution < 1.29 is 0 Å². The summed E-state index contributed by atoms with van der Waals surface area (Å²) in [5.74, 6) is 0. The topological polar surface area (TPSA) is 0 Å². The number of hydrogen-bond donors (Lipinski definition) is 0. The van der Waals surface area contributed by atoms with Crippen LogP contribution in [0, 0.1) is 0 Å². The van der Waals surface area contributed by atoms with Crippen LogP contribution in [-0.4, -0.2) is 6.71 Å². The summed E-state index contributed by atoms with van der Waals surface area (Å²) in [5, 5.41) is 0. The average Bonchev–Trinajstić information content (AvgIpc) is 2.05. The molecular formula is C10H23B. The molecular weight excluding hydrogens is 131 g/mol. The van der Waals surface area contributed by atoms with E-state index in [0.717, 1.165) is 6.71 Å². The molecule has 0 aliphatic carbocycles. The van der Waals surface area contributed by atoms with E-state index >= 15 is 0 Å². The fourth-order valence-electron chi connectivity index (χ4n) is 1.54. The van der Waals surface area contributed by atoms with E-state index in [1.165, 1.54) is 44.6 Å². The summed E-state index contributed by atoms with van der Waals surface area (Å²) in [6.45, 7) is 7.92. The number of rotatable bonds is 7. The maximum Gasteiger partial charge on any atom is 0.139 e. The molecule has 0 aromatic rings. The Morgan fingerprint density at radius 2 is 1.27 bits per heavy atom. The van der Waals surface area contributed by atoms with Gasteiger partial charge in [0.25, 0.3) is 0 Å². The molecule has 0 N–H and O–H groups in total. The summed E-state index contributed by atoms with van der Waals surface area (Å²) in [7, 11) is 0. The first-order valence-corrected chi connectivity index (χ1v) is 5.35. The number of unbranched alkanes of at least 4 members (excludes halogenated alkanes) is 2. The van der Waals surface area contributed by atoms with Crippen LogP contribution < -0.4 is 0 Å². The molecule has 0 aromatic heterocycles. The van der Waals surface area contributed by atoms with E-state index in [0.29, 0.717) is 0 Å². The largest absolute Gasteiger partial charge is 0.139 e. The third-order valence-electron chi connectivity index (χ3n) is 2.51. The van der Waals surface area contributed by atoms with Crippen LogP contribution >= 0.6 is 0 Å². The molecule has 0 aromatic carbocycles. The third-order valence-corrected chi connectivity index (χ3v) is 2.51. The van der Waals surface area contributed by atoms with Crippen LogP contribution in [0.3, 0.4) is 0 Å². The normalized spacial score (nSPS) is 10.1. The van der Waals surface area contributed by atoms with Gasteiger partial charge in [-0.2, -0.15) is 0 Å². The lowest BCUT2D eigenvalue weighted by Crippen LogP contribution is -2.09. The molecule has 0 rings (SSSR count). The minimum atomic E-state index is 1.02. The second-order valence-electron chi connectivity index (χ2n) is 3.56. The van der Waals surface area contributed by atoms with Gasteiger partial charge in [0.15, 0.2) is 0 Å². The van der Waals surface area contributed by atoms with E-state index in [1.807, 2.05) is 0 Å². The van der Waals surface area contributed by atoms with Crippen LogP contribution in [0.5, 0.6) is 0 Å². The maximum atomic E-state index is 2.33. The van der Waals surface area contributed by atoms with Crippen molar-refractivity contribution in [2.24, 2.45) is 0 Å². The van der Waals surface area contributed by atoms with E-state index in [9.17, 15) is 0 Å². The third kappa shape index (κ3) is 6.46. The molecule has 0 aliphatic heterocycles. The monoisotopic (exact) mass is 154 g/mol. The van der Waals surface area contributed by atoms with Crippen molar-refractivity contribution in [2.45, 2.75) is 65.4 Å². The van der Waals surface area contributed by atoms with Crippen molar-refractivity contribution in [3.8, 4) is 0 Å². The van der Waals surface area contributed by atoms with Crippen molar-refractivity contribution in [3.05, 3.63) is 0 Å². The molecule has 0 amide bonds. The Hall–Kier alpha value is 0.0649. The minimum absolute atomic E-state index is 1.02. The number of hydrogen-bond acceptors (Lipinski definition) is 0. The molecule has 66 valence electrons. The quantitative estimate of drug-likeness (QED) is 0.484. The van der Waals surface area contributed by atoms with Crippen LogP contribution in [0.2, 0.25) is 19.0 Å². The van der Waals surface area contributed by atoms with Crippen LogP contribution in [0.15, 0.2) is 0 Å². The average molecular weight is 154 g/mol. The van der Waals surface area contributed by atoms with E-state index in [2.05, 4.69) is 20.8 Å². The molecule has 0 fully saturated rings. The van der Waals surface area contributed by atoms with Gasteiger partial charge in [-0.3, -0.25) is 0 Å². The summed E-state index contributed by atoms with van der Waals surface area (Å²) in [6, 6.07) is 0. The Bertz CT molecular complexity index is 63.3. The molecule has 0 spiro atoms. The van der Waals surface area contributed by atoms with E-state index in [4.69, 9.17) is 0 Å². The highest BCUT2D eigenvalue weighted by Gasteiger charge is 2.08. The highest BCUT2D eigenvalue weighted by molar-refractivity contribution is 6.58. The first-order valence-electron chi connectivity index (χ1n) is 5.35. The SMILES string of the molecule is CCCCB(CC)CCCC. The zero-order chi connectivity index (χ0) is 8.53. The molecule has 0 unspecified atom stereocenters. The lowest BCUT2D eigenvalue weighted by molar-refractivity contribution is 0.837. The molecule has 0 atom stereocenters. The van der Waals surface area contributed by atoms with Crippen LogP contribution in [-0.2, 0) is 0 Å². The van der Waals surface area contributed by atoms with Gasteiger partial charge in [-0.25, -0.2) is 0 Å². The molecule has 11 heavy (non-hydrogen) atoms. The standard InChI is InChI=1S/C10H23B/c1-4-7-9-11(6-3)10-8-5-2/h4-10H2,1-3H3. The Balaban J connectivity index is 3.25. The predicted octanol–water partition coefficient (Wildman–Crippen LogP) is 4.10. The maximum absolute atomic E-state index is 2.33. The van der Waals surface area contributed by atoms with Gasteiger partial charge in [0.2, 0.25) is 0 Å². The van der Waals surface area contributed by atoms with Crippen molar-refractivity contribution >= 4 is 6.71 Å². The second-order valence-corrected chi connectivity index (χ2v) is 3.56. The molecule has 0 radical (unpaired) electrons. The van der Waals surface area contributed by atoms with Crippen molar-refractivity contribution in [1.29, 1.82) is 0 Å². The highest BCUT2D eigenvalue weighted by atomic mass is 13.9.